The van der Waals surface area contributed by atoms with Gasteiger partial charge in [-0.1, -0.05) is 6.07 Å². The highest BCUT2D eigenvalue weighted by molar-refractivity contribution is 6.05. The maximum atomic E-state index is 12.2. The Hall–Kier alpha value is -2.89. The molecule has 1 heterocycles. The standard InChI is InChI=1S/C14H12N2O4/c1-16(10-3-2-4-11(17)7-10)13(18)9-5-6-12(14(19)20)15-8-9/h2-8,17H,1H3,(H,19,20). The molecular formula is C14H12N2O4. The predicted octanol–water partition coefficient (Wildman–Crippen LogP) is 1.76. The number of anilines is 1. The van der Waals surface area contributed by atoms with E-state index in [0.717, 1.165) is 0 Å². The number of phenols is 1. The zero-order chi connectivity index (χ0) is 14.7. The van der Waals surface area contributed by atoms with Crippen LogP contribution in [0.3, 0.4) is 0 Å². The third-order valence-corrected chi connectivity index (χ3v) is 2.75. The van der Waals surface area contributed by atoms with Gasteiger partial charge in [-0.3, -0.25) is 4.79 Å². The lowest BCUT2D eigenvalue weighted by molar-refractivity contribution is 0.0690. The average Bonchev–Trinajstić information content (AvgIpc) is 2.46. The quantitative estimate of drug-likeness (QED) is 0.888. The summed E-state index contributed by atoms with van der Waals surface area (Å²) in [6, 6.07) is 8.93. The number of aromatic carboxylic acids is 1. The van der Waals surface area contributed by atoms with Gasteiger partial charge in [0.2, 0.25) is 0 Å². The van der Waals surface area contributed by atoms with Crippen molar-refractivity contribution in [3.8, 4) is 5.75 Å². The largest absolute Gasteiger partial charge is 0.508 e. The normalized spacial score (nSPS) is 10.1. The van der Waals surface area contributed by atoms with Gasteiger partial charge in [-0.15, -0.1) is 0 Å². The number of hydrogen-bond acceptors (Lipinski definition) is 4. The summed E-state index contributed by atoms with van der Waals surface area (Å²) >= 11 is 0. The van der Waals surface area contributed by atoms with Crippen molar-refractivity contribution in [3.63, 3.8) is 0 Å². The molecule has 0 aliphatic heterocycles. The minimum absolute atomic E-state index is 0.0569. The van der Waals surface area contributed by atoms with Crippen LogP contribution in [0.4, 0.5) is 5.69 Å². The van der Waals surface area contributed by atoms with Gasteiger partial charge in [-0.25, -0.2) is 9.78 Å². The number of hydrogen-bond donors (Lipinski definition) is 2. The van der Waals surface area contributed by atoms with Crippen LogP contribution < -0.4 is 4.90 Å². The molecule has 1 aromatic heterocycles. The number of benzene rings is 1. The molecule has 0 unspecified atom stereocenters. The summed E-state index contributed by atoms with van der Waals surface area (Å²) in [4.78, 5) is 27.9. The van der Waals surface area contributed by atoms with Crippen molar-refractivity contribution in [1.82, 2.24) is 4.98 Å². The van der Waals surface area contributed by atoms with Gasteiger partial charge < -0.3 is 15.1 Å². The lowest BCUT2D eigenvalue weighted by atomic mass is 10.2. The monoisotopic (exact) mass is 272 g/mol. The second-order valence-corrected chi connectivity index (χ2v) is 4.12. The van der Waals surface area contributed by atoms with Gasteiger partial charge in [0.25, 0.3) is 5.91 Å². The molecule has 0 bridgehead atoms. The van der Waals surface area contributed by atoms with Crippen LogP contribution >= 0.6 is 0 Å². The van der Waals surface area contributed by atoms with Gasteiger partial charge in [0.1, 0.15) is 11.4 Å². The number of aromatic hydroxyl groups is 1. The molecule has 6 heteroatoms. The fraction of sp³-hybridized carbons (Fsp3) is 0.0714. The summed E-state index contributed by atoms with van der Waals surface area (Å²) in [7, 11) is 1.56. The number of phenolic OH excluding ortho intramolecular Hbond substituents is 1. The molecule has 2 rings (SSSR count). The average molecular weight is 272 g/mol. The van der Waals surface area contributed by atoms with Crippen molar-refractivity contribution < 1.29 is 19.8 Å². The van der Waals surface area contributed by atoms with Gasteiger partial charge in [0.15, 0.2) is 0 Å². The van der Waals surface area contributed by atoms with E-state index in [2.05, 4.69) is 4.98 Å². The Balaban J connectivity index is 2.24. The summed E-state index contributed by atoms with van der Waals surface area (Å²) in [5, 5.41) is 18.1. The second kappa shape index (κ2) is 5.40. The van der Waals surface area contributed by atoms with Crippen LogP contribution in [0, 0.1) is 0 Å². The first kappa shape index (κ1) is 13.5. The Morgan fingerprint density at radius 3 is 2.50 bits per heavy atom. The van der Waals surface area contributed by atoms with Crippen LogP contribution in [0.15, 0.2) is 42.6 Å². The molecule has 1 amide bonds. The summed E-state index contributed by atoms with van der Waals surface area (Å²) < 4.78 is 0. The van der Waals surface area contributed by atoms with Crippen LogP contribution in [-0.4, -0.2) is 34.1 Å². The van der Waals surface area contributed by atoms with Crippen molar-refractivity contribution in [2.75, 3.05) is 11.9 Å². The van der Waals surface area contributed by atoms with E-state index >= 15 is 0 Å². The molecule has 102 valence electrons. The minimum atomic E-state index is -1.15. The molecule has 0 fully saturated rings. The first-order valence-electron chi connectivity index (χ1n) is 5.75. The van der Waals surface area contributed by atoms with E-state index in [-0.39, 0.29) is 22.9 Å². The molecule has 2 aromatic rings. The van der Waals surface area contributed by atoms with Crippen molar-refractivity contribution in [3.05, 3.63) is 53.9 Å². The molecule has 0 saturated carbocycles. The second-order valence-electron chi connectivity index (χ2n) is 4.12. The van der Waals surface area contributed by atoms with Crippen molar-refractivity contribution >= 4 is 17.6 Å². The van der Waals surface area contributed by atoms with E-state index < -0.39 is 5.97 Å². The molecule has 0 aliphatic carbocycles. The van der Waals surface area contributed by atoms with E-state index in [0.29, 0.717) is 5.69 Å². The van der Waals surface area contributed by atoms with Crippen LogP contribution in [0.5, 0.6) is 5.75 Å². The SMILES string of the molecule is CN(C(=O)c1ccc(C(=O)O)nc1)c1cccc(O)c1. The number of rotatable bonds is 3. The Morgan fingerprint density at radius 2 is 1.95 bits per heavy atom. The highest BCUT2D eigenvalue weighted by Crippen LogP contribution is 2.20. The van der Waals surface area contributed by atoms with Crippen LogP contribution in [-0.2, 0) is 0 Å². The van der Waals surface area contributed by atoms with Crippen molar-refractivity contribution in [2.45, 2.75) is 0 Å². The zero-order valence-corrected chi connectivity index (χ0v) is 10.6. The maximum Gasteiger partial charge on any atom is 0.354 e. The summed E-state index contributed by atoms with van der Waals surface area (Å²) in [6.07, 6.45) is 1.21. The van der Waals surface area contributed by atoms with Crippen molar-refractivity contribution in [1.29, 1.82) is 0 Å². The molecular weight excluding hydrogens is 260 g/mol. The highest BCUT2D eigenvalue weighted by Gasteiger charge is 2.15. The highest BCUT2D eigenvalue weighted by atomic mass is 16.4. The predicted molar refractivity (Wildman–Crippen MR) is 72.0 cm³/mol. The van der Waals surface area contributed by atoms with E-state index in [1.807, 2.05) is 0 Å². The molecule has 0 atom stereocenters. The Kier molecular flexibility index (Phi) is 3.65. The fourth-order valence-electron chi connectivity index (χ4n) is 1.66. The third kappa shape index (κ3) is 2.74. The number of carbonyl (C=O) groups is 2. The van der Waals surface area contributed by atoms with Gasteiger partial charge in [0.05, 0.1) is 5.56 Å². The first-order chi connectivity index (χ1) is 9.49. The molecule has 0 saturated heterocycles. The van der Waals surface area contributed by atoms with Crippen LogP contribution in [0.1, 0.15) is 20.8 Å². The lowest BCUT2D eigenvalue weighted by Crippen LogP contribution is -2.26. The zero-order valence-electron chi connectivity index (χ0n) is 10.6. The van der Waals surface area contributed by atoms with E-state index in [1.165, 1.54) is 35.4 Å². The van der Waals surface area contributed by atoms with E-state index in [9.17, 15) is 14.7 Å². The molecule has 0 radical (unpaired) electrons. The number of carbonyl (C=O) groups excluding carboxylic acids is 1. The fourth-order valence-corrected chi connectivity index (χ4v) is 1.66. The van der Waals surface area contributed by atoms with Crippen LogP contribution in [0.25, 0.3) is 0 Å². The van der Waals surface area contributed by atoms with Gasteiger partial charge in [-0.05, 0) is 24.3 Å². The molecule has 0 spiro atoms. The Bertz CT molecular complexity index is 652. The Labute approximate surface area is 114 Å². The Morgan fingerprint density at radius 1 is 1.20 bits per heavy atom. The molecule has 0 aliphatic rings. The lowest BCUT2D eigenvalue weighted by Gasteiger charge is -2.17. The molecule has 2 N–H and O–H groups in total. The van der Waals surface area contributed by atoms with Crippen molar-refractivity contribution in [2.24, 2.45) is 0 Å². The molecule has 1 aromatic carbocycles. The smallest absolute Gasteiger partial charge is 0.354 e. The third-order valence-electron chi connectivity index (χ3n) is 2.75. The maximum absolute atomic E-state index is 12.2. The van der Waals surface area contributed by atoms with E-state index in [4.69, 9.17) is 5.11 Å². The first-order valence-corrected chi connectivity index (χ1v) is 5.75. The number of pyridine rings is 1. The number of carboxylic acid groups (broad SMARTS) is 1. The molecule has 6 nitrogen and oxygen atoms in total. The topological polar surface area (TPSA) is 90.7 Å². The van der Waals surface area contributed by atoms with Gasteiger partial charge >= 0.3 is 5.97 Å². The van der Waals surface area contributed by atoms with Gasteiger partial charge in [0, 0.05) is 25.0 Å². The number of carboxylic acids is 1. The van der Waals surface area contributed by atoms with Crippen LogP contribution in [0.2, 0.25) is 0 Å². The summed E-state index contributed by atoms with van der Waals surface area (Å²) in [5.74, 6) is -1.44. The minimum Gasteiger partial charge on any atom is -0.508 e. The number of nitrogens with zero attached hydrogens (tertiary/aromatic N) is 2. The van der Waals surface area contributed by atoms with E-state index in [1.54, 1.807) is 19.2 Å². The summed E-state index contributed by atoms with van der Waals surface area (Å²) in [6.45, 7) is 0. The number of amides is 1. The summed E-state index contributed by atoms with van der Waals surface area (Å²) in [5.41, 5.74) is 0.666. The molecule has 20 heavy (non-hydrogen) atoms. The van der Waals surface area contributed by atoms with Gasteiger partial charge in [-0.2, -0.15) is 0 Å². The number of aromatic nitrogens is 1.